The van der Waals surface area contributed by atoms with Crippen LogP contribution in [0.25, 0.3) is 0 Å². The lowest BCUT2D eigenvalue weighted by Gasteiger charge is -2.13. The number of amides is 3. The molecule has 1 N–H and O–H groups in total. The van der Waals surface area contributed by atoms with E-state index in [0.29, 0.717) is 0 Å². The largest absolute Gasteiger partial charge is 0.405 e. The minimum absolute atomic E-state index is 0.100. The van der Waals surface area contributed by atoms with Crippen molar-refractivity contribution in [2.75, 3.05) is 13.1 Å². The summed E-state index contributed by atoms with van der Waals surface area (Å²) in [5.41, 5.74) is 0. The van der Waals surface area contributed by atoms with E-state index in [-0.39, 0.29) is 25.8 Å². The van der Waals surface area contributed by atoms with Gasteiger partial charge in [0.05, 0.1) is 0 Å². The molecule has 0 bridgehead atoms. The van der Waals surface area contributed by atoms with Crippen LogP contribution in [0, 0.1) is 0 Å². The van der Waals surface area contributed by atoms with Crippen LogP contribution in [0.15, 0.2) is 0 Å². The Morgan fingerprint density at radius 3 is 2.24 bits per heavy atom. The minimum atomic E-state index is -4.46. The van der Waals surface area contributed by atoms with Crippen LogP contribution in [0.2, 0.25) is 0 Å². The molecule has 0 spiro atoms. The third-order valence-electron chi connectivity index (χ3n) is 2.20. The minimum Gasteiger partial charge on any atom is -0.347 e. The van der Waals surface area contributed by atoms with Crippen molar-refractivity contribution >= 4 is 17.7 Å². The number of rotatable bonds is 4. The highest BCUT2D eigenvalue weighted by molar-refractivity contribution is 6.02. The Hall–Kier alpha value is -1.60. The van der Waals surface area contributed by atoms with E-state index in [1.165, 1.54) is 0 Å². The number of halogens is 3. The zero-order chi connectivity index (χ0) is 13.1. The number of nitrogens with one attached hydrogen (secondary N) is 1. The van der Waals surface area contributed by atoms with Gasteiger partial charge in [0.1, 0.15) is 6.54 Å². The maximum atomic E-state index is 11.7. The summed E-state index contributed by atoms with van der Waals surface area (Å²) in [6, 6.07) is 0. The normalized spacial score (nSPS) is 16.5. The van der Waals surface area contributed by atoms with Gasteiger partial charge in [0.15, 0.2) is 0 Å². The molecule has 1 heterocycles. The molecular formula is C9H11F3N2O3. The maximum Gasteiger partial charge on any atom is 0.405 e. The summed E-state index contributed by atoms with van der Waals surface area (Å²) in [6.07, 6.45) is -4.57. The quantitative estimate of drug-likeness (QED) is 0.727. The van der Waals surface area contributed by atoms with E-state index >= 15 is 0 Å². The lowest BCUT2D eigenvalue weighted by Crippen LogP contribution is -2.37. The Morgan fingerprint density at radius 1 is 1.24 bits per heavy atom. The molecule has 0 aromatic carbocycles. The van der Waals surface area contributed by atoms with E-state index in [1.54, 1.807) is 5.32 Å². The lowest BCUT2D eigenvalue weighted by atomic mass is 10.3. The molecule has 0 atom stereocenters. The SMILES string of the molecule is O=C(CCN1C(=O)CCC1=O)NCC(F)(F)F. The van der Waals surface area contributed by atoms with Crippen LogP contribution in [-0.2, 0) is 14.4 Å². The fourth-order valence-electron chi connectivity index (χ4n) is 1.37. The van der Waals surface area contributed by atoms with Crippen molar-refractivity contribution < 1.29 is 27.6 Å². The van der Waals surface area contributed by atoms with Gasteiger partial charge in [-0.15, -0.1) is 0 Å². The highest BCUT2D eigenvalue weighted by atomic mass is 19.4. The van der Waals surface area contributed by atoms with Crippen molar-refractivity contribution in [2.45, 2.75) is 25.4 Å². The molecule has 0 aliphatic carbocycles. The van der Waals surface area contributed by atoms with Gasteiger partial charge in [0, 0.05) is 25.8 Å². The number of hydrogen-bond donors (Lipinski definition) is 1. The average molecular weight is 252 g/mol. The average Bonchev–Trinajstić information content (AvgIpc) is 2.52. The molecule has 96 valence electrons. The number of carbonyl (C=O) groups is 3. The van der Waals surface area contributed by atoms with Crippen LogP contribution < -0.4 is 5.32 Å². The summed E-state index contributed by atoms with van der Waals surface area (Å²) < 4.78 is 35.2. The Bertz CT molecular complexity index is 325. The molecule has 0 saturated carbocycles. The number of likely N-dealkylation sites (tertiary alicyclic amines) is 1. The molecule has 5 nitrogen and oxygen atoms in total. The van der Waals surface area contributed by atoms with Gasteiger partial charge in [-0.05, 0) is 0 Å². The second-order valence-corrected chi connectivity index (χ2v) is 3.58. The first kappa shape index (κ1) is 13.5. The van der Waals surface area contributed by atoms with Crippen molar-refractivity contribution in [2.24, 2.45) is 0 Å². The molecule has 0 unspecified atom stereocenters. The van der Waals surface area contributed by atoms with Crippen molar-refractivity contribution in [3.8, 4) is 0 Å². The van der Waals surface area contributed by atoms with Crippen LogP contribution in [0.4, 0.5) is 13.2 Å². The van der Waals surface area contributed by atoms with Crippen LogP contribution >= 0.6 is 0 Å². The van der Waals surface area contributed by atoms with E-state index in [4.69, 9.17) is 0 Å². The van der Waals surface area contributed by atoms with Crippen LogP contribution in [0.1, 0.15) is 19.3 Å². The van der Waals surface area contributed by atoms with E-state index in [0.717, 1.165) is 4.90 Å². The Labute approximate surface area is 94.9 Å². The highest BCUT2D eigenvalue weighted by Crippen LogP contribution is 2.13. The molecular weight excluding hydrogens is 241 g/mol. The number of carbonyl (C=O) groups excluding carboxylic acids is 3. The molecule has 8 heteroatoms. The summed E-state index contributed by atoms with van der Waals surface area (Å²) in [6.45, 7) is -1.57. The van der Waals surface area contributed by atoms with Crippen molar-refractivity contribution in [1.82, 2.24) is 10.2 Å². The van der Waals surface area contributed by atoms with Gasteiger partial charge in [-0.2, -0.15) is 13.2 Å². The molecule has 3 amide bonds. The van der Waals surface area contributed by atoms with Crippen LogP contribution in [-0.4, -0.2) is 41.9 Å². The first-order chi connectivity index (χ1) is 7.79. The second-order valence-electron chi connectivity index (χ2n) is 3.58. The maximum absolute atomic E-state index is 11.7. The standard InChI is InChI=1S/C9H11F3N2O3/c10-9(11,12)5-13-6(15)3-4-14-7(16)1-2-8(14)17/h1-5H2,(H,13,15). The molecule has 1 aliphatic rings. The molecule has 1 aliphatic heterocycles. The molecule has 17 heavy (non-hydrogen) atoms. The first-order valence-corrected chi connectivity index (χ1v) is 4.96. The fraction of sp³-hybridized carbons (Fsp3) is 0.667. The van der Waals surface area contributed by atoms with Gasteiger partial charge >= 0.3 is 6.18 Å². The summed E-state index contributed by atoms with van der Waals surface area (Å²) in [5, 5.41) is 1.66. The van der Waals surface area contributed by atoms with Crippen LogP contribution in [0.3, 0.4) is 0 Å². The first-order valence-electron chi connectivity index (χ1n) is 4.96. The van der Waals surface area contributed by atoms with Crippen molar-refractivity contribution in [3.05, 3.63) is 0 Å². The summed E-state index contributed by atoms with van der Waals surface area (Å²) in [7, 11) is 0. The Morgan fingerprint density at radius 2 is 1.76 bits per heavy atom. The monoisotopic (exact) mass is 252 g/mol. The number of hydrogen-bond acceptors (Lipinski definition) is 3. The molecule has 1 fully saturated rings. The molecule has 1 rings (SSSR count). The molecule has 0 aromatic heterocycles. The van der Waals surface area contributed by atoms with Gasteiger partial charge < -0.3 is 5.32 Å². The molecule has 0 aromatic rings. The Kier molecular flexibility index (Phi) is 4.08. The van der Waals surface area contributed by atoms with Gasteiger partial charge in [0.25, 0.3) is 0 Å². The van der Waals surface area contributed by atoms with Crippen molar-refractivity contribution in [1.29, 1.82) is 0 Å². The topological polar surface area (TPSA) is 66.5 Å². The van der Waals surface area contributed by atoms with Crippen LogP contribution in [0.5, 0.6) is 0 Å². The zero-order valence-corrected chi connectivity index (χ0v) is 8.84. The van der Waals surface area contributed by atoms with E-state index < -0.39 is 30.4 Å². The van der Waals surface area contributed by atoms with Gasteiger partial charge in [0.2, 0.25) is 17.7 Å². The summed E-state index contributed by atoms with van der Waals surface area (Å²) in [4.78, 5) is 34.1. The van der Waals surface area contributed by atoms with E-state index in [1.807, 2.05) is 0 Å². The number of imide groups is 1. The van der Waals surface area contributed by atoms with Crippen molar-refractivity contribution in [3.63, 3.8) is 0 Å². The Balaban J connectivity index is 2.29. The highest BCUT2D eigenvalue weighted by Gasteiger charge is 2.30. The third kappa shape index (κ3) is 4.41. The predicted molar refractivity (Wildman–Crippen MR) is 49.6 cm³/mol. The number of alkyl halides is 3. The van der Waals surface area contributed by atoms with Gasteiger partial charge in [-0.3, -0.25) is 19.3 Å². The summed E-state index contributed by atoms with van der Waals surface area (Å²) >= 11 is 0. The van der Waals surface area contributed by atoms with E-state index in [9.17, 15) is 27.6 Å². The third-order valence-corrected chi connectivity index (χ3v) is 2.20. The predicted octanol–water partition coefficient (Wildman–Crippen LogP) is 0.204. The fourth-order valence-corrected chi connectivity index (χ4v) is 1.37. The van der Waals surface area contributed by atoms with Gasteiger partial charge in [-0.25, -0.2) is 0 Å². The second kappa shape index (κ2) is 5.15. The van der Waals surface area contributed by atoms with E-state index in [2.05, 4.69) is 0 Å². The lowest BCUT2D eigenvalue weighted by molar-refractivity contribution is -0.141. The smallest absolute Gasteiger partial charge is 0.347 e. The number of nitrogens with zero attached hydrogens (tertiary/aromatic N) is 1. The molecule has 1 saturated heterocycles. The van der Waals surface area contributed by atoms with Gasteiger partial charge in [-0.1, -0.05) is 0 Å². The summed E-state index contributed by atoms with van der Waals surface area (Å²) in [5.74, 6) is -1.62. The zero-order valence-electron chi connectivity index (χ0n) is 8.84. The molecule has 0 radical (unpaired) electrons.